The molecule has 0 bridgehead atoms. The first kappa shape index (κ1) is 9.58. The van der Waals surface area contributed by atoms with Gasteiger partial charge in [-0.3, -0.25) is 0 Å². The van der Waals surface area contributed by atoms with Gasteiger partial charge in [0.05, 0.1) is 8.07 Å². The van der Waals surface area contributed by atoms with E-state index in [0.717, 1.165) is 5.70 Å². The van der Waals surface area contributed by atoms with Crippen LogP contribution in [0.5, 0.6) is 0 Å². The predicted molar refractivity (Wildman–Crippen MR) is 57.5 cm³/mol. The van der Waals surface area contributed by atoms with Gasteiger partial charge in [0.1, 0.15) is 0 Å². The van der Waals surface area contributed by atoms with Gasteiger partial charge in [0.2, 0.25) is 0 Å². The molecule has 0 fully saturated rings. The molecule has 0 heterocycles. The third kappa shape index (κ3) is 2.00. The van der Waals surface area contributed by atoms with E-state index in [-0.39, 0.29) is 0 Å². The second-order valence-electron chi connectivity index (χ2n) is 4.71. The molecule has 2 N–H and O–H groups in total. The van der Waals surface area contributed by atoms with Crippen LogP contribution < -0.4 is 5.73 Å². The number of allylic oxidation sites excluding steroid dienone is 4. The standard InChI is InChI=1S/C10H19NSi/c1-8-7-9(12(2,3)4)5-6-10(8)11/h5-6,8H,7,11H2,1-4H3. The van der Waals surface area contributed by atoms with Crippen LogP contribution in [0.4, 0.5) is 0 Å². The number of hydrogen-bond donors (Lipinski definition) is 1. The Balaban J connectivity index is 2.84. The highest BCUT2D eigenvalue weighted by Gasteiger charge is 2.23. The van der Waals surface area contributed by atoms with Crippen LogP contribution in [0.1, 0.15) is 13.3 Å². The van der Waals surface area contributed by atoms with E-state index in [2.05, 4.69) is 38.7 Å². The van der Waals surface area contributed by atoms with Crippen LogP contribution in [0.25, 0.3) is 0 Å². The Morgan fingerprint density at radius 1 is 1.33 bits per heavy atom. The van der Waals surface area contributed by atoms with Crippen LogP contribution in [0.3, 0.4) is 0 Å². The summed E-state index contributed by atoms with van der Waals surface area (Å²) in [6.45, 7) is 9.38. The van der Waals surface area contributed by atoms with Crippen LogP contribution in [0.2, 0.25) is 19.6 Å². The van der Waals surface area contributed by atoms with Gasteiger partial charge in [-0.1, -0.05) is 37.8 Å². The van der Waals surface area contributed by atoms with E-state index < -0.39 is 8.07 Å². The minimum atomic E-state index is -1.07. The zero-order chi connectivity index (χ0) is 9.35. The Morgan fingerprint density at radius 3 is 2.33 bits per heavy atom. The Bertz CT molecular complexity index is 233. The molecule has 1 rings (SSSR count). The Hall–Kier alpha value is -0.503. The van der Waals surface area contributed by atoms with Gasteiger partial charge < -0.3 is 5.73 Å². The molecule has 0 aromatic rings. The Labute approximate surface area is 76.4 Å². The van der Waals surface area contributed by atoms with Crippen molar-refractivity contribution >= 4 is 8.07 Å². The Kier molecular flexibility index (Phi) is 2.47. The van der Waals surface area contributed by atoms with E-state index >= 15 is 0 Å². The fraction of sp³-hybridized carbons (Fsp3) is 0.600. The van der Waals surface area contributed by atoms with Gasteiger partial charge in [0.25, 0.3) is 0 Å². The van der Waals surface area contributed by atoms with E-state index in [0.29, 0.717) is 5.92 Å². The molecule has 1 atom stereocenters. The van der Waals surface area contributed by atoms with Gasteiger partial charge in [-0.2, -0.15) is 0 Å². The zero-order valence-electron chi connectivity index (χ0n) is 8.52. The van der Waals surface area contributed by atoms with Gasteiger partial charge in [-0.05, 0) is 18.4 Å². The van der Waals surface area contributed by atoms with E-state index in [1.54, 1.807) is 5.20 Å². The first-order valence-electron chi connectivity index (χ1n) is 4.58. The summed E-state index contributed by atoms with van der Waals surface area (Å²) in [6, 6.07) is 0. The average Bonchev–Trinajstić information content (AvgIpc) is 1.92. The largest absolute Gasteiger partial charge is 0.402 e. The summed E-state index contributed by atoms with van der Waals surface area (Å²) >= 11 is 0. The minimum Gasteiger partial charge on any atom is -0.402 e. The third-order valence-corrected chi connectivity index (χ3v) is 4.83. The SMILES string of the molecule is CC1CC([Si](C)(C)C)=CC=C1N. The predicted octanol–water partition coefficient (Wildman–Crippen LogP) is 2.67. The van der Waals surface area contributed by atoms with Crippen molar-refractivity contribution in [1.82, 2.24) is 0 Å². The molecule has 0 aromatic heterocycles. The molecule has 0 radical (unpaired) electrons. The van der Waals surface area contributed by atoms with Gasteiger partial charge in [-0.15, -0.1) is 0 Å². The second kappa shape index (κ2) is 3.09. The first-order valence-corrected chi connectivity index (χ1v) is 8.08. The van der Waals surface area contributed by atoms with Gasteiger partial charge >= 0.3 is 0 Å². The smallest absolute Gasteiger partial charge is 0.0724 e. The lowest BCUT2D eigenvalue weighted by molar-refractivity contribution is 0.667. The highest BCUT2D eigenvalue weighted by Crippen LogP contribution is 2.28. The molecule has 0 saturated carbocycles. The quantitative estimate of drug-likeness (QED) is 0.618. The summed E-state index contributed by atoms with van der Waals surface area (Å²) in [5.74, 6) is 0.553. The molecule has 0 aromatic carbocycles. The lowest BCUT2D eigenvalue weighted by Gasteiger charge is -2.27. The average molecular weight is 181 g/mol. The minimum absolute atomic E-state index is 0.553. The van der Waals surface area contributed by atoms with E-state index in [1.807, 2.05) is 0 Å². The molecule has 0 aliphatic heterocycles. The van der Waals surface area contributed by atoms with E-state index in [1.165, 1.54) is 6.42 Å². The molecular formula is C10H19NSi. The molecule has 1 aliphatic rings. The number of rotatable bonds is 1. The topological polar surface area (TPSA) is 26.0 Å². The van der Waals surface area contributed by atoms with Crippen LogP contribution in [0.15, 0.2) is 23.0 Å². The summed E-state index contributed by atoms with van der Waals surface area (Å²) in [5.41, 5.74) is 6.85. The molecule has 1 aliphatic carbocycles. The maximum absolute atomic E-state index is 5.82. The maximum atomic E-state index is 5.82. The van der Waals surface area contributed by atoms with Crippen molar-refractivity contribution in [3.8, 4) is 0 Å². The molecule has 2 heteroatoms. The summed E-state index contributed by atoms with van der Waals surface area (Å²) in [5, 5.41) is 1.64. The van der Waals surface area contributed by atoms with Crippen molar-refractivity contribution in [1.29, 1.82) is 0 Å². The van der Waals surface area contributed by atoms with Crippen molar-refractivity contribution in [2.75, 3.05) is 0 Å². The Morgan fingerprint density at radius 2 is 1.92 bits per heavy atom. The third-order valence-electron chi connectivity index (χ3n) is 2.54. The van der Waals surface area contributed by atoms with Gasteiger partial charge in [-0.25, -0.2) is 0 Å². The summed E-state index contributed by atoms with van der Waals surface area (Å²) in [6.07, 6.45) is 5.50. The van der Waals surface area contributed by atoms with E-state index in [9.17, 15) is 0 Å². The second-order valence-corrected chi connectivity index (χ2v) is 9.86. The molecule has 68 valence electrons. The van der Waals surface area contributed by atoms with Crippen LogP contribution in [-0.4, -0.2) is 8.07 Å². The molecule has 1 nitrogen and oxygen atoms in total. The fourth-order valence-corrected chi connectivity index (χ4v) is 2.93. The molecule has 0 saturated heterocycles. The zero-order valence-corrected chi connectivity index (χ0v) is 9.52. The van der Waals surface area contributed by atoms with Crippen molar-refractivity contribution in [2.45, 2.75) is 33.0 Å². The van der Waals surface area contributed by atoms with Crippen LogP contribution in [0, 0.1) is 5.92 Å². The lowest BCUT2D eigenvalue weighted by Crippen LogP contribution is -2.28. The van der Waals surface area contributed by atoms with Crippen molar-refractivity contribution in [3.63, 3.8) is 0 Å². The fourth-order valence-electron chi connectivity index (χ4n) is 1.43. The van der Waals surface area contributed by atoms with Crippen molar-refractivity contribution in [2.24, 2.45) is 11.7 Å². The van der Waals surface area contributed by atoms with Crippen molar-refractivity contribution in [3.05, 3.63) is 23.0 Å². The molecule has 0 amide bonds. The summed E-state index contributed by atoms with van der Waals surface area (Å²) < 4.78 is 0. The van der Waals surface area contributed by atoms with Crippen LogP contribution >= 0.6 is 0 Å². The highest BCUT2D eigenvalue weighted by molar-refractivity contribution is 6.83. The summed E-state index contributed by atoms with van der Waals surface area (Å²) in [7, 11) is -1.07. The molecular weight excluding hydrogens is 162 g/mol. The first-order chi connectivity index (χ1) is 5.41. The van der Waals surface area contributed by atoms with Gasteiger partial charge in [0, 0.05) is 5.70 Å². The normalized spacial score (nSPS) is 24.8. The molecule has 12 heavy (non-hydrogen) atoms. The summed E-state index contributed by atoms with van der Waals surface area (Å²) in [4.78, 5) is 0. The lowest BCUT2D eigenvalue weighted by atomic mass is 9.99. The monoisotopic (exact) mass is 181 g/mol. The number of hydrogen-bond acceptors (Lipinski definition) is 1. The van der Waals surface area contributed by atoms with Gasteiger partial charge in [0.15, 0.2) is 0 Å². The number of nitrogens with two attached hydrogens (primary N) is 1. The highest BCUT2D eigenvalue weighted by atomic mass is 28.3. The van der Waals surface area contributed by atoms with Crippen LogP contribution in [-0.2, 0) is 0 Å². The van der Waals surface area contributed by atoms with Crippen molar-refractivity contribution < 1.29 is 0 Å². The maximum Gasteiger partial charge on any atom is 0.0724 e. The molecule has 0 spiro atoms. The molecule has 1 unspecified atom stereocenters. The van der Waals surface area contributed by atoms with E-state index in [4.69, 9.17) is 5.73 Å².